The molecule has 0 aliphatic heterocycles. The minimum atomic E-state index is 0.668. The number of aliphatic imine (C=N–C) groups is 1. The lowest BCUT2D eigenvalue weighted by Gasteiger charge is -2.01. The molecular weight excluding hydrogens is 306 g/mol. The molecule has 0 aliphatic carbocycles. The topological polar surface area (TPSA) is 30.8 Å². The molecule has 4 heteroatoms. The molecule has 0 aromatic heterocycles. The van der Waals surface area contributed by atoms with Crippen LogP contribution >= 0.6 is 12.0 Å². The molecule has 0 amide bonds. The van der Waals surface area contributed by atoms with Crippen molar-refractivity contribution >= 4 is 23.9 Å². The number of nitrogens with zero attached hydrogens (tertiary/aromatic N) is 1. The maximum absolute atomic E-state index is 5.00. The Bertz CT molecular complexity index is 536. The second-order valence-electron chi connectivity index (χ2n) is 3.98. The molecule has 0 unspecified atom stereocenters. The molecule has 0 aliphatic rings. The lowest BCUT2D eigenvalue weighted by atomic mass is 10.2. The summed E-state index contributed by atoms with van der Waals surface area (Å²) in [5, 5.41) is 0. The van der Waals surface area contributed by atoms with Crippen LogP contribution < -0.4 is 4.89 Å². The van der Waals surface area contributed by atoms with Crippen molar-refractivity contribution in [3.63, 3.8) is 0 Å². The lowest BCUT2D eigenvalue weighted by molar-refractivity contribution is -0.0770. The van der Waals surface area contributed by atoms with Crippen molar-refractivity contribution < 1.29 is 9.22 Å². The van der Waals surface area contributed by atoms with Gasteiger partial charge in [-0.05, 0) is 48.9 Å². The van der Waals surface area contributed by atoms with Crippen LogP contribution in [0.4, 0.5) is 5.69 Å². The highest BCUT2D eigenvalue weighted by molar-refractivity contribution is 7.93. The molecule has 0 radical (unpaired) electrons. The van der Waals surface area contributed by atoms with Gasteiger partial charge in [-0.25, -0.2) is 0 Å². The van der Waals surface area contributed by atoms with E-state index in [9.17, 15) is 0 Å². The van der Waals surface area contributed by atoms with Crippen molar-refractivity contribution in [1.82, 2.24) is 0 Å². The fourth-order valence-corrected chi connectivity index (χ4v) is 1.61. The zero-order valence-electron chi connectivity index (χ0n) is 14.9. The van der Waals surface area contributed by atoms with Gasteiger partial charge in [0.1, 0.15) is 0 Å². The van der Waals surface area contributed by atoms with Crippen molar-refractivity contribution in [3.8, 4) is 5.75 Å². The Morgan fingerprint density at radius 3 is 1.96 bits per heavy atom. The van der Waals surface area contributed by atoms with Crippen molar-refractivity contribution in [3.05, 3.63) is 59.7 Å². The van der Waals surface area contributed by atoms with Gasteiger partial charge in [-0.15, -0.1) is 4.33 Å². The van der Waals surface area contributed by atoms with Gasteiger partial charge in [0.05, 0.1) is 5.69 Å². The van der Waals surface area contributed by atoms with E-state index in [1.165, 1.54) is 5.56 Å². The van der Waals surface area contributed by atoms with Crippen LogP contribution in [0.3, 0.4) is 0 Å². The molecule has 2 rings (SSSR count). The number of rotatable bonds is 5. The Labute approximate surface area is 144 Å². The largest absolute Gasteiger partial charge is 0.325 e. The predicted octanol–water partition coefficient (Wildman–Crippen LogP) is 6.39. The third-order valence-electron chi connectivity index (χ3n) is 2.48. The molecule has 0 heterocycles. The van der Waals surface area contributed by atoms with E-state index >= 15 is 0 Å². The molecule has 2 aromatic carbocycles. The second-order valence-corrected chi connectivity index (χ2v) is 4.45. The van der Waals surface area contributed by atoms with Crippen molar-refractivity contribution in [2.75, 3.05) is 6.26 Å². The molecule has 0 atom stereocenters. The quantitative estimate of drug-likeness (QED) is 0.275. The van der Waals surface area contributed by atoms with E-state index in [2.05, 4.69) is 11.9 Å². The van der Waals surface area contributed by atoms with Gasteiger partial charge < -0.3 is 4.89 Å². The molecule has 0 saturated carbocycles. The average molecular weight is 333 g/mol. The van der Waals surface area contributed by atoms with Gasteiger partial charge in [-0.1, -0.05) is 45.4 Å². The number of benzene rings is 2. The number of hydrogen-bond donors (Lipinski definition) is 0. The van der Waals surface area contributed by atoms with Crippen LogP contribution in [0.2, 0.25) is 0 Å². The Balaban J connectivity index is 0.00000112. The maximum atomic E-state index is 5.00. The summed E-state index contributed by atoms with van der Waals surface area (Å²) >= 11 is 1.16. The zero-order valence-corrected chi connectivity index (χ0v) is 15.7. The van der Waals surface area contributed by atoms with Crippen LogP contribution in [0, 0.1) is 6.92 Å². The second kappa shape index (κ2) is 13.9. The third-order valence-corrected chi connectivity index (χ3v) is 2.68. The highest BCUT2D eigenvalue weighted by Crippen LogP contribution is 2.15. The first-order chi connectivity index (χ1) is 11.3. The van der Waals surface area contributed by atoms with Gasteiger partial charge in [0.15, 0.2) is 5.75 Å². The van der Waals surface area contributed by atoms with Crippen LogP contribution in [-0.2, 0) is 4.33 Å². The monoisotopic (exact) mass is 333 g/mol. The highest BCUT2D eigenvalue weighted by atomic mass is 32.2. The first-order valence-electron chi connectivity index (χ1n) is 7.86. The van der Waals surface area contributed by atoms with E-state index < -0.39 is 0 Å². The average Bonchev–Trinajstić information content (AvgIpc) is 2.64. The summed E-state index contributed by atoms with van der Waals surface area (Å²) < 4.78 is 4.78. The summed E-state index contributed by atoms with van der Waals surface area (Å²) in [4.78, 5) is 9.41. The molecule has 23 heavy (non-hydrogen) atoms. The van der Waals surface area contributed by atoms with Gasteiger partial charge >= 0.3 is 0 Å². The summed E-state index contributed by atoms with van der Waals surface area (Å²) in [6.07, 6.45) is 3.62. The Kier molecular flexibility index (Phi) is 12.8. The molecule has 0 saturated heterocycles. The normalized spacial score (nSPS) is 9.48. The van der Waals surface area contributed by atoms with Gasteiger partial charge in [-0.3, -0.25) is 4.99 Å². The fourth-order valence-electron chi connectivity index (χ4n) is 1.46. The Morgan fingerprint density at radius 2 is 1.43 bits per heavy atom. The molecule has 0 bridgehead atoms. The van der Waals surface area contributed by atoms with Gasteiger partial charge in [-0.2, -0.15) is 0 Å². The maximum Gasteiger partial charge on any atom is 0.166 e. The number of hydrogen-bond acceptors (Lipinski definition) is 4. The van der Waals surface area contributed by atoms with Gasteiger partial charge in [0.2, 0.25) is 0 Å². The molecule has 0 fully saturated rings. The smallest absolute Gasteiger partial charge is 0.166 e. The first-order valence-corrected chi connectivity index (χ1v) is 9.01. The first kappa shape index (κ1) is 21.2. The predicted molar refractivity (Wildman–Crippen MR) is 103 cm³/mol. The molecule has 2 aromatic rings. The standard InChI is InChI=1S/C15H15NO2S.2C2H6/c1-12-3-7-14(8-4-12)16-11-13-5-9-15(10-6-13)17-18-19-2;2*1-2/h3-11H,1-2H3;2*1-2H3. The molecule has 126 valence electrons. The van der Waals surface area contributed by atoms with E-state index in [4.69, 9.17) is 9.22 Å². The van der Waals surface area contributed by atoms with Crippen LogP contribution in [0.25, 0.3) is 0 Å². The minimum Gasteiger partial charge on any atom is -0.325 e. The van der Waals surface area contributed by atoms with E-state index in [1.807, 2.05) is 82.4 Å². The van der Waals surface area contributed by atoms with E-state index in [-0.39, 0.29) is 0 Å². The molecule has 3 nitrogen and oxygen atoms in total. The molecular formula is C19H27NO2S. The molecule has 0 spiro atoms. The van der Waals surface area contributed by atoms with Crippen LogP contribution in [0.15, 0.2) is 53.5 Å². The van der Waals surface area contributed by atoms with Crippen molar-refractivity contribution in [2.45, 2.75) is 34.6 Å². The van der Waals surface area contributed by atoms with Crippen molar-refractivity contribution in [1.29, 1.82) is 0 Å². The summed E-state index contributed by atoms with van der Waals surface area (Å²) in [6, 6.07) is 15.6. The summed E-state index contributed by atoms with van der Waals surface area (Å²) in [6.45, 7) is 10.1. The lowest BCUT2D eigenvalue weighted by Crippen LogP contribution is -1.88. The van der Waals surface area contributed by atoms with Gasteiger partial charge in [0.25, 0.3) is 0 Å². The van der Waals surface area contributed by atoms with Gasteiger partial charge in [0, 0.05) is 24.5 Å². The minimum absolute atomic E-state index is 0.668. The summed E-state index contributed by atoms with van der Waals surface area (Å²) in [5.41, 5.74) is 3.18. The summed E-state index contributed by atoms with van der Waals surface area (Å²) in [7, 11) is 0. The van der Waals surface area contributed by atoms with Crippen molar-refractivity contribution in [2.24, 2.45) is 4.99 Å². The highest BCUT2D eigenvalue weighted by Gasteiger charge is 1.94. The van der Waals surface area contributed by atoms with E-state index in [0.717, 1.165) is 23.3 Å². The Morgan fingerprint density at radius 1 is 0.870 bits per heavy atom. The third kappa shape index (κ3) is 9.06. The molecule has 0 N–H and O–H groups in total. The van der Waals surface area contributed by atoms with Crippen LogP contribution in [0.1, 0.15) is 38.8 Å². The number of aryl methyl sites for hydroxylation is 1. The van der Waals surface area contributed by atoms with E-state index in [1.54, 1.807) is 6.26 Å². The SMILES string of the molecule is CC.CC.CSOOc1ccc(C=Nc2ccc(C)cc2)cc1. The fraction of sp³-hybridized carbons (Fsp3) is 0.316. The summed E-state index contributed by atoms with van der Waals surface area (Å²) in [5.74, 6) is 0.668. The van der Waals surface area contributed by atoms with Crippen LogP contribution in [-0.4, -0.2) is 12.5 Å². The zero-order chi connectivity index (χ0) is 17.5. The van der Waals surface area contributed by atoms with E-state index in [0.29, 0.717) is 5.75 Å². The van der Waals surface area contributed by atoms with Crippen LogP contribution in [0.5, 0.6) is 5.75 Å². The Hall–Kier alpha value is -1.78.